The van der Waals surface area contributed by atoms with E-state index in [2.05, 4.69) is 37.6 Å². The molecule has 7 heteroatoms. The first-order valence-electron chi connectivity index (χ1n) is 11.3. The maximum atomic E-state index is 12.5. The number of aromatic amines is 1. The number of H-pyrrole nitrogens is 1. The second kappa shape index (κ2) is 9.70. The van der Waals surface area contributed by atoms with Crippen molar-refractivity contribution in [1.82, 2.24) is 20.1 Å². The van der Waals surface area contributed by atoms with Crippen LogP contribution in [0.25, 0.3) is 22.4 Å². The van der Waals surface area contributed by atoms with Gasteiger partial charge in [0.2, 0.25) is 17.6 Å². The molecule has 2 aromatic heterocycles. The third-order valence-corrected chi connectivity index (χ3v) is 5.65. The van der Waals surface area contributed by atoms with E-state index in [9.17, 15) is 4.79 Å². The molecule has 34 heavy (non-hydrogen) atoms. The van der Waals surface area contributed by atoms with Crippen molar-refractivity contribution >= 4 is 22.6 Å². The van der Waals surface area contributed by atoms with Gasteiger partial charge in [0.05, 0.1) is 11.0 Å². The minimum atomic E-state index is -0.113. The number of amides is 1. The van der Waals surface area contributed by atoms with Crippen LogP contribution in [0, 0.1) is 6.92 Å². The summed E-state index contributed by atoms with van der Waals surface area (Å²) in [5.41, 5.74) is 5.85. The number of carbonyl (C=O) groups is 1. The zero-order chi connectivity index (χ0) is 23.3. The van der Waals surface area contributed by atoms with E-state index < -0.39 is 0 Å². The highest BCUT2D eigenvalue weighted by atomic mass is 16.5. The van der Waals surface area contributed by atoms with Crippen LogP contribution in [-0.4, -0.2) is 26.0 Å². The van der Waals surface area contributed by atoms with E-state index in [4.69, 9.17) is 4.52 Å². The van der Waals surface area contributed by atoms with Crippen molar-refractivity contribution in [3.63, 3.8) is 0 Å². The number of imidazole rings is 1. The van der Waals surface area contributed by atoms with Crippen molar-refractivity contribution in [3.05, 3.63) is 95.6 Å². The van der Waals surface area contributed by atoms with Crippen molar-refractivity contribution in [2.75, 3.05) is 5.32 Å². The molecule has 0 radical (unpaired) electrons. The Morgan fingerprint density at radius 1 is 0.941 bits per heavy atom. The molecule has 0 aliphatic heterocycles. The quantitative estimate of drug-likeness (QED) is 0.335. The molecule has 5 aromatic rings. The average Bonchev–Trinajstić information content (AvgIpc) is 3.49. The molecule has 0 spiro atoms. The number of nitrogens with one attached hydrogen (secondary N) is 2. The summed E-state index contributed by atoms with van der Waals surface area (Å²) in [6.45, 7) is 2.03. The second-order valence-corrected chi connectivity index (χ2v) is 8.33. The summed E-state index contributed by atoms with van der Waals surface area (Å²) < 4.78 is 5.31. The van der Waals surface area contributed by atoms with Crippen LogP contribution in [0.2, 0.25) is 0 Å². The van der Waals surface area contributed by atoms with Crippen molar-refractivity contribution in [2.24, 2.45) is 0 Å². The molecule has 2 heterocycles. The van der Waals surface area contributed by atoms with Crippen molar-refractivity contribution in [3.8, 4) is 11.4 Å². The summed E-state index contributed by atoms with van der Waals surface area (Å²) in [4.78, 5) is 24.9. The first-order valence-corrected chi connectivity index (χ1v) is 11.3. The molecule has 170 valence electrons. The van der Waals surface area contributed by atoms with E-state index in [1.807, 2.05) is 67.6 Å². The zero-order valence-electron chi connectivity index (χ0n) is 18.9. The van der Waals surface area contributed by atoms with Gasteiger partial charge in [0.1, 0.15) is 5.82 Å². The fraction of sp³-hybridized carbons (Fsp3) is 0.185. The number of rotatable bonds is 8. The van der Waals surface area contributed by atoms with Crippen LogP contribution in [0.1, 0.15) is 29.3 Å². The molecule has 0 saturated heterocycles. The Morgan fingerprint density at radius 2 is 1.76 bits per heavy atom. The Hall–Kier alpha value is -4.26. The van der Waals surface area contributed by atoms with Crippen molar-refractivity contribution in [2.45, 2.75) is 32.6 Å². The van der Waals surface area contributed by atoms with E-state index in [-0.39, 0.29) is 12.3 Å². The number of hydrogen-bond acceptors (Lipinski definition) is 5. The Kier molecular flexibility index (Phi) is 6.16. The molecule has 0 atom stereocenters. The predicted molar refractivity (Wildman–Crippen MR) is 131 cm³/mol. The molecule has 2 N–H and O–H groups in total. The number of hydrogen-bond donors (Lipinski definition) is 2. The summed E-state index contributed by atoms with van der Waals surface area (Å²) in [6, 6.07) is 24.0. The van der Waals surface area contributed by atoms with Gasteiger partial charge in [-0.25, -0.2) is 4.98 Å². The summed E-state index contributed by atoms with van der Waals surface area (Å²) in [7, 11) is 0. The first-order chi connectivity index (χ1) is 16.6. The molecule has 0 aliphatic carbocycles. The highest BCUT2D eigenvalue weighted by molar-refractivity contribution is 5.93. The molecule has 1 amide bonds. The highest BCUT2D eigenvalue weighted by Crippen LogP contribution is 2.19. The molecule has 7 nitrogen and oxygen atoms in total. The number of benzene rings is 3. The van der Waals surface area contributed by atoms with Gasteiger partial charge >= 0.3 is 0 Å². The fourth-order valence-electron chi connectivity index (χ4n) is 3.79. The van der Waals surface area contributed by atoms with E-state index in [1.165, 1.54) is 11.1 Å². The monoisotopic (exact) mass is 451 g/mol. The lowest BCUT2D eigenvalue weighted by atomic mass is 10.1. The van der Waals surface area contributed by atoms with E-state index in [0.717, 1.165) is 41.0 Å². The molecule has 0 bridgehead atoms. The minimum absolute atomic E-state index is 0.113. The SMILES string of the molecule is Cc1ccc(-c2noc(CCC(=O)Nc3ccc4nc(CCc5ccccc5)[nH]c4c3)n2)cc1. The molecule has 3 aromatic carbocycles. The van der Waals surface area contributed by atoms with Crippen molar-refractivity contribution < 1.29 is 9.32 Å². The number of aromatic nitrogens is 4. The fourth-order valence-corrected chi connectivity index (χ4v) is 3.79. The topological polar surface area (TPSA) is 96.7 Å². The number of aryl methyl sites for hydroxylation is 4. The van der Waals surface area contributed by atoms with Crippen LogP contribution in [0.3, 0.4) is 0 Å². The van der Waals surface area contributed by atoms with Gasteiger partial charge in [-0.3, -0.25) is 4.79 Å². The lowest BCUT2D eigenvalue weighted by molar-refractivity contribution is -0.116. The summed E-state index contributed by atoms with van der Waals surface area (Å²) in [5, 5.41) is 6.96. The van der Waals surface area contributed by atoms with Gasteiger partial charge in [0, 0.05) is 30.5 Å². The first kappa shape index (κ1) is 21.6. The molecule has 0 aliphatic rings. The summed E-state index contributed by atoms with van der Waals surface area (Å²) in [5.74, 6) is 1.79. The lowest BCUT2D eigenvalue weighted by Gasteiger charge is -2.04. The lowest BCUT2D eigenvalue weighted by Crippen LogP contribution is -2.12. The molecule has 0 unspecified atom stereocenters. The third-order valence-electron chi connectivity index (χ3n) is 5.65. The van der Waals surface area contributed by atoms with Gasteiger partial charge < -0.3 is 14.8 Å². The molecule has 5 rings (SSSR count). The maximum absolute atomic E-state index is 12.5. The Bertz CT molecular complexity index is 1400. The largest absolute Gasteiger partial charge is 0.342 e. The predicted octanol–water partition coefficient (Wildman–Crippen LogP) is 5.28. The highest BCUT2D eigenvalue weighted by Gasteiger charge is 2.12. The van der Waals surface area contributed by atoms with Crippen LogP contribution in [0.5, 0.6) is 0 Å². The van der Waals surface area contributed by atoms with Gasteiger partial charge in [0.15, 0.2) is 0 Å². The second-order valence-electron chi connectivity index (χ2n) is 8.33. The zero-order valence-corrected chi connectivity index (χ0v) is 18.9. The van der Waals surface area contributed by atoms with E-state index in [0.29, 0.717) is 18.1 Å². The van der Waals surface area contributed by atoms with Crippen LogP contribution >= 0.6 is 0 Å². The van der Waals surface area contributed by atoms with Gasteiger partial charge in [0.25, 0.3) is 0 Å². The Morgan fingerprint density at radius 3 is 2.59 bits per heavy atom. The third kappa shape index (κ3) is 5.20. The summed E-state index contributed by atoms with van der Waals surface area (Å²) >= 11 is 0. The Labute approximate surface area is 197 Å². The molecular weight excluding hydrogens is 426 g/mol. The number of fused-ring (bicyclic) bond motifs is 1. The summed E-state index contributed by atoms with van der Waals surface area (Å²) in [6.07, 6.45) is 2.38. The maximum Gasteiger partial charge on any atom is 0.227 e. The van der Waals surface area contributed by atoms with Gasteiger partial charge in [-0.1, -0.05) is 65.3 Å². The Balaban J connectivity index is 1.16. The van der Waals surface area contributed by atoms with Crippen LogP contribution < -0.4 is 5.32 Å². The van der Waals surface area contributed by atoms with Crippen molar-refractivity contribution in [1.29, 1.82) is 0 Å². The number of nitrogens with zero attached hydrogens (tertiary/aromatic N) is 3. The molecule has 0 saturated carbocycles. The standard InChI is InChI=1S/C27H25N5O2/c1-18-7-10-20(11-8-18)27-31-26(34-32-27)16-15-25(33)28-21-12-13-22-23(17-21)30-24(29-22)14-9-19-5-3-2-4-6-19/h2-8,10-13,17H,9,14-16H2,1H3,(H,28,33)(H,29,30). The minimum Gasteiger partial charge on any atom is -0.342 e. The smallest absolute Gasteiger partial charge is 0.227 e. The van der Waals surface area contributed by atoms with Gasteiger partial charge in [-0.05, 0) is 37.1 Å². The van der Waals surface area contributed by atoms with Crippen LogP contribution in [-0.2, 0) is 24.1 Å². The van der Waals surface area contributed by atoms with E-state index in [1.54, 1.807) is 0 Å². The van der Waals surface area contributed by atoms with E-state index >= 15 is 0 Å². The van der Waals surface area contributed by atoms with Crippen LogP contribution in [0.15, 0.2) is 77.3 Å². The molecular formula is C27H25N5O2. The van der Waals surface area contributed by atoms with Gasteiger partial charge in [-0.2, -0.15) is 4.98 Å². The average molecular weight is 452 g/mol. The number of anilines is 1. The molecule has 0 fully saturated rings. The number of carbonyl (C=O) groups excluding carboxylic acids is 1. The van der Waals surface area contributed by atoms with Gasteiger partial charge in [-0.15, -0.1) is 0 Å². The van der Waals surface area contributed by atoms with Crippen LogP contribution in [0.4, 0.5) is 5.69 Å². The normalized spacial score (nSPS) is 11.1.